The van der Waals surface area contributed by atoms with Gasteiger partial charge in [-0.05, 0) is 50.1 Å². The Morgan fingerprint density at radius 2 is 1.94 bits per heavy atom. The fraction of sp³-hybridized carbons (Fsp3) is 0.200. The molecule has 0 saturated heterocycles. The van der Waals surface area contributed by atoms with Crippen LogP contribution in [0.3, 0.4) is 0 Å². The molecule has 4 aromatic heterocycles. The maximum atomic E-state index is 6.33. The summed E-state index contributed by atoms with van der Waals surface area (Å²) >= 11 is 12.3. The Labute approximate surface area is 216 Å². The standard InChI is InChI=1S/C25H23Cl2N7O2/c1-12-22-25(34-33-12)30-10-20(31-22)18-9-21(24(29)32-23(18)17-5-6-35-13(17)2)36-11-16(28)7-14-3-4-15(26)8-19(14)27/h3-6,8-10,16H,7,11,28H2,1-2H3,(H2,29,32)(H,30,33,34)/t16-/m1/s1. The third-order valence-corrected chi connectivity index (χ3v) is 6.39. The molecule has 184 valence electrons. The average molecular weight is 524 g/mol. The Bertz CT molecular complexity index is 1560. The summed E-state index contributed by atoms with van der Waals surface area (Å²) in [7, 11) is 0. The van der Waals surface area contributed by atoms with Crippen LogP contribution in [-0.4, -0.2) is 37.8 Å². The van der Waals surface area contributed by atoms with Crippen molar-refractivity contribution in [3.8, 4) is 28.3 Å². The van der Waals surface area contributed by atoms with E-state index < -0.39 is 0 Å². The summed E-state index contributed by atoms with van der Waals surface area (Å²) in [4.78, 5) is 13.9. The molecule has 1 aromatic carbocycles. The van der Waals surface area contributed by atoms with Crippen LogP contribution in [0.15, 0.2) is 47.2 Å². The van der Waals surface area contributed by atoms with Gasteiger partial charge in [0.25, 0.3) is 0 Å². The number of aromatic nitrogens is 5. The van der Waals surface area contributed by atoms with E-state index in [0.717, 1.165) is 16.8 Å². The molecule has 5 rings (SSSR count). The number of H-pyrrole nitrogens is 1. The van der Waals surface area contributed by atoms with Gasteiger partial charge in [-0.2, -0.15) is 5.10 Å². The normalized spacial score (nSPS) is 12.2. The predicted molar refractivity (Wildman–Crippen MR) is 140 cm³/mol. The first-order chi connectivity index (χ1) is 17.3. The molecule has 5 N–H and O–H groups in total. The van der Waals surface area contributed by atoms with Gasteiger partial charge in [-0.15, -0.1) is 0 Å². The van der Waals surface area contributed by atoms with Gasteiger partial charge in [-0.3, -0.25) is 5.10 Å². The van der Waals surface area contributed by atoms with Crippen molar-refractivity contribution in [3.05, 3.63) is 69.9 Å². The lowest BCUT2D eigenvalue weighted by Crippen LogP contribution is -2.30. The molecule has 36 heavy (non-hydrogen) atoms. The van der Waals surface area contributed by atoms with Crippen molar-refractivity contribution in [1.29, 1.82) is 0 Å². The zero-order valence-corrected chi connectivity index (χ0v) is 21.1. The first kappa shape index (κ1) is 24.1. The summed E-state index contributed by atoms with van der Waals surface area (Å²) in [5.41, 5.74) is 18.2. The van der Waals surface area contributed by atoms with E-state index in [1.165, 1.54) is 0 Å². The maximum Gasteiger partial charge on any atom is 0.174 e. The minimum Gasteiger partial charge on any atom is -0.488 e. The molecule has 0 fully saturated rings. The second kappa shape index (κ2) is 9.77. The van der Waals surface area contributed by atoms with Gasteiger partial charge in [-0.1, -0.05) is 29.3 Å². The number of halogens is 2. The molecule has 9 nitrogen and oxygen atoms in total. The molecular formula is C25H23Cl2N7O2. The summed E-state index contributed by atoms with van der Waals surface area (Å²) in [6.07, 6.45) is 3.77. The predicted octanol–water partition coefficient (Wildman–Crippen LogP) is 5.13. The number of benzene rings is 1. The number of pyridine rings is 1. The number of fused-ring (bicyclic) bond motifs is 1. The molecule has 0 aliphatic heterocycles. The van der Waals surface area contributed by atoms with E-state index in [1.807, 2.05) is 26.0 Å². The summed E-state index contributed by atoms with van der Waals surface area (Å²) in [6.45, 7) is 3.92. The highest BCUT2D eigenvalue weighted by molar-refractivity contribution is 6.35. The van der Waals surface area contributed by atoms with Crippen molar-refractivity contribution in [2.45, 2.75) is 26.3 Å². The molecule has 0 amide bonds. The van der Waals surface area contributed by atoms with Crippen molar-refractivity contribution >= 4 is 40.2 Å². The van der Waals surface area contributed by atoms with Crippen LogP contribution in [0, 0.1) is 13.8 Å². The highest BCUT2D eigenvalue weighted by Gasteiger charge is 2.20. The van der Waals surface area contributed by atoms with E-state index in [4.69, 9.17) is 48.8 Å². The Morgan fingerprint density at radius 1 is 1.11 bits per heavy atom. The monoisotopic (exact) mass is 523 g/mol. The van der Waals surface area contributed by atoms with Crippen molar-refractivity contribution in [2.75, 3.05) is 12.3 Å². The summed E-state index contributed by atoms with van der Waals surface area (Å²) in [6, 6.07) is 8.62. The van der Waals surface area contributed by atoms with E-state index in [1.54, 1.807) is 30.7 Å². The average Bonchev–Trinajstić information content (AvgIpc) is 3.45. The van der Waals surface area contributed by atoms with Gasteiger partial charge in [0.15, 0.2) is 17.2 Å². The number of rotatable bonds is 7. The van der Waals surface area contributed by atoms with E-state index in [0.29, 0.717) is 56.1 Å². The molecule has 4 heterocycles. The number of anilines is 1. The minimum absolute atomic E-state index is 0.194. The third kappa shape index (κ3) is 4.73. The zero-order valence-electron chi connectivity index (χ0n) is 19.5. The number of aryl methyl sites for hydroxylation is 2. The number of nitrogen functional groups attached to an aromatic ring is 1. The van der Waals surface area contributed by atoms with Gasteiger partial charge in [0, 0.05) is 27.2 Å². The molecule has 0 unspecified atom stereocenters. The smallest absolute Gasteiger partial charge is 0.174 e. The van der Waals surface area contributed by atoms with Gasteiger partial charge in [0.2, 0.25) is 0 Å². The second-order valence-corrected chi connectivity index (χ2v) is 9.27. The number of ether oxygens (including phenoxy) is 1. The number of nitrogens with zero attached hydrogens (tertiary/aromatic N) is 4. The lowest BCUT2D eigenvalue weighted by molar-refractivity contribution is 0.288. The van der Waals surface area contributed by atoms with Gasteiger partial charge in [0.05, 0.1) is 29.5 Å². The topological polar surface area (TPSA) is 142 Å². The van der Waals surface area contributed by atoms with Crippen LogP contribution in [0.25, 0.3) is 33.7 Å². The minimum atomic E-state index is -0.341. The quantitative estimate of drug-likeness (QED) is 0.266. The Balaban J connectivity index is 1.48. The Hall–Kier alpha value is -3.66. The van der Waals surface area contributed by atoms with Gasteiger partial charge >= 0.3 is 0 Å². The van der Waals surface area contributed by atoms with Crippen LogP contribution >= 0.6 is 23.2 Å². The van der Waals surface area contributed by atoms with Gasteiger partial charge < -0.3 is 20.6 Å². The first-order valence-corrected chi connectivity index (χ1v) is 11.9. The van der Waals surface area contributed by atoms with Gasteiger partial charge in [0.1, 0.15) is 17.9 Å². The number of nitrogens with two attached hydrogens (primary N) is 2. The zero-order chi connectivity index (χ0) is 25.4. The van der Waals surface area contributed by atoms with Crippen LogP contribution in [0.4, 0.5) is 5.82 Å². The molecule has 0 spiro atoms. The fourth-order valence-electron chi connectivity index (χ4n) is 3.92. The van der Waals surface area contributed by atoms with Crippen LogP contribution in [0.2, 0.25) is 10.0 Å². The van der Waals surface area contributed by atoms with E-state index in [2.05, 4.69) is 20.2 Å². The van der Waals surface area contributed by atoms with E-state index >= 15 is 0 Å². The van der Waals surface area contributed by atoms with Crippen LogP contribution in [0.5, 0.6) is 5.75 Å². The Morgan fingerprint density at radius 3 is 2.69 bits per heavy atom. The van der Waals surface area contributed by atoms with E-state index in [-0.39, 0.29) is 18.5 Å². The molecular weight excluding hydrogens is 501 g/mol. The number of furan rings is 1. The molecule has 0 aliphatic carbocycles. The second-order valence-electron chi connectivity index (χ2n) is 8.43. The molecule has 0 radical (unpaired) electrons. The van der Waals surface area contributed by atoms with Crippen molar-refractivity contribution in [1.82, 2.24) is 25.1 Å². The highest BCUT2D eigenvalue weighted by atomic mass is 35.5. The number of hydrogen-bond acceptors (Lipinski definition) is 8. The fourth-order valence-corrected chi connectivity index (χ4v) is 4.41. The van der Waals surface area contributed by atoms with Crippen molar-refractivity contribution < 1.29 is 9.15 Å². The highest BCUT2D eigenvalue weighted by Crippen LogP contribution is 2.37. The molecule has 0 saturated carbocycles. The molecule has 0 bridgehead atoms. The third-order valence-electron chi connectivity index (χ3n) is 5.80. The summed E-state index contributed by atoms with van der Waals surface area (Å²) < 4.78 is 11.5. The Kier molecular flexibility index (Phi) is 6.53. The van der Waals surface area contributed by atoms with Crippen molar-refractivity contribution in [3.63, 3.8) is 0 Å². The number of hydrogen-bond donors (Lipinski definition) is 3. The molecule has 11 heteroatoms. The first-order valence-electron chi connectivity index (χ1n) is 11.2. The lowest BCUT2D eigenvalue weighted by Gasteiger charge is -2.17. The number of nitrogens with one attached hydrogen (secondary N) is 1. The van der Waals surface area contributed by atoms with Gasteiger partial charge in [-0.25, -0.2) is 15.0 Å². The van der Waals surface area contributed by atoms with Crippen LogP contribution in [-0.2, 0) is 6.42 Å². The number of aromatic amines is 1. The summed E-state index contributed by atoms with van der Waals surface area (Å²) in [5.74, 6) is 1.31. The van der Waals surface area contributed by atoms with Crippen LogP contribution in [0.1, 0.15) is 17.0 Å². The SMILES string of the molecule is Cc1occc1-c1nc(N)c(OC[C@H](N)Cc2ccc(Cl)cc2Cl)cc1-c1cnc2[nH]nc(C)c2n1. The van der Waals surface area contributed by atoms with Crippen LogP contribution < -0.4 is 16.2 Å². The summed E-state index contributed by atoms with van der Waals surface area (Å²) in [5, 5.41) is 8.18. The maximum absolute atomic E-state index is 6.33. The van der Waals surface area contributed by atoms with E-state index in [9.17, 15) is 0 Å². The molecule has 0 aliphatic rings. The van der Waals surface area contributed by atoms with Crippen molar-refractivity contribution in [2.24, 2.45) is 5.73 Å². The molecule has 1 atom stereocenters. The lowest BCUT2D eigenvalue weighted by atomic mass is 10.0. The molecule has 5 aromatic rings. The largest absolute Gasteiger partial charge is 0.488 e.